The molecule has 0 bridgehead atoms. The highest BCUT2D eigenvalue weighted by Gasteiger charge is 2.38. The topological polar surface area (TPSA) is 170 Å². The van der Waals surface area contributed by atoms with Crippen molar-refractivity contribution in [1.29, 1.82) is 5.41 Å². The molecule has 0 aromatic heterocycles. The number of piperidine rings is 1. The van der Waals surface area contributed by atoms with Gasteiger partial charge in [0.05, 0.1) is 13.0 Å². The Morgan fingerprint density at radius 2 is 1.87 bits per heavy atom. The first-order valence-electron chi connectivity index (χ1n) is 13.2. The fourth-order valence-corrected chi connectivity index (χ4v) is 4.47. The summed E-state index contributed by atoms with van der Waals surface area (Å²) in [5, 5.41) is 15.9. The molecule has 1 heterocycles. The van der Waals surface area contributed by atoms with Gasteiger partial charge in [-0.2, -0.15) is 0 Å². The second-order valence-corrected chi connectivity index (χ2v) is 9.72. The van der Waals surface area contributed by atoms with Crippen molar-refractivity contribution < 1.29 is 23.9 Å². The summed E-state index contributed by atoms with van der Waals surface area (Å²) >= 11 is 0. The average molecular weight is 566 g/mol. The zero-order valence-electron chi connectivity index (χ0n) is 22.3. The largest absolute Gasteiger partial charge is 0.465 e. The van der Waals surface area contributed by atoms with Crippen LogP contribution in [-0.2, 0) is 25.7 Å². The number of guanidine groups is 1. The third-order valence-corrected chi connectivity index (χ3v) is 6.61. The molecule has 2 fully saturated rings. The molecule has 2 atom stereocenters. The van der Waals surface area contributed by atoms with Gasteiger partial charge in [0.2, 0.25) is 11.8 Å². The fourth-order valence-electron chi connectivity index (χ4n) is 4.47. The standard InChI is InChI=1S/C26H39N7O5.ClH/c1-2-38-23(35)17-33(20-10-11-20)24(36)21(31-26(37)30-14-18-7-4-3-5-8-18)13-22(34)29-15-19-9-6-12-32(16-19)25(27)28;/h3-5,7-8,19-21H,2,6,9-17H2,1H3,(H3,27,28)(H,29,34)(H2,30,31,37);1H/t19-,21-;/m0./s1. The molecule has 0 spiro atoms. The van der Waals surface area contributed by atoms with Crippen molar-refractivity contribution in [2.75, 3.05) is 32.8 Å². The molecule has 1 aliphatic heterocycles. The van der Waals surface area contributed by atoms with E-state index in [0.717, 1.165) is 37.8 Å². The summed E-state index contributed by atoms with van der Waals surface area (Å²) in [5.74, 6) is -1.28. The van der Waals surface area contributed by atoms with E-state index in [0.29, 0.717) is 13.1 Å². The predicted octanol–water partition coefficient (Wildman–Crippen LogP) is 0.942. The Balaban J connectivity index is 0.00000533. The molecule has 6 N–H and O–H groups in total. The molecule has 2 aliphatic rings. The van der Waals surface area contributed by atoms with E-state index in [9.17, 15) is 19.2 Å². The molecule has 0 radical (unpaired) electrons. The number of likely N-dealkylation sites (tertiary alicyclic amines) is 1. The third-order valence-electron chi connectivity index (χ3n) is 6.61. The lowest BCUT2D eigenvalue weighted by Gasteiger charge is -2.33. The summed E-state index contributed by atoms with van der Waals surface area (Å²) in [6, 6.07) is 7.46. The van der Waals surface area contributed by atoms with Gasteiger partial charge in [0.25, 0.3) is 0 Å². The highest BCUT2D eigenvalue weighted by Crippen LogP contribution is 2.27. The minimum absolute atomic E-state index is 0. The molecule has 1 saturated carbocycles. The van der Waals surface area contributed by atoms with Gasteiger partial charge in [-0.1, -0.05) is 30.3 Å². The first kappa shape index (κ1) is 31.7. The van der Waals surface area contributed by atoms with Crippen LogP contribution in [0.15, 0.2) is 30.3 Å². The molecule has 3 rings (SSSR count). The van der Waals surface area contributed by atoms with Gasteiger partial charge in [-0.15, -0.1) is 12.4 Å². The van der Waals surface area contributed by atoms with E-state index in [2.05, 4.69) is 16.0 Å². The Morgan fingerprint density at radius 1 is 1.15 bits per heavy atom. The SMILES string of the molecule is CCOC(=O)CN(C(=O)[C@H](CC(=O)NC[C@@H]1CCCN(C(=N)N)C1)NC(=O)NCc1ccccc1)C1CC1.Cl. The van der Waals surface area contributed by atoms with E-state index in [4.69, 9.17) is 15.9 Å². The van der Waals surface area contributed by atoms with Crippen LogP contribution >= 0.6 is 12.4 Å². The Labute approximate surface area is 235 Å². The number of amides is 4. The van der Waals surface area contributed by atoms with Crippen LogP contribution in [0, 0.1) is 11.3 Å². The summed E-state index contributed by atoms with van der Waals surface area (Å²) in [6.07, 6.45) is 2.99. The smallest absolute Gasteiger partial charge is 0.325 e. The highest BCUT2D eigenvalue weighted by atomic mass is 35.5. The van der Waals surface area contributed by atoms with E-state index >= 15 is 0 Å². The van der Waals surface area contributed by atoms with E-state index in [1.54, 1.807) is 11.8 Å². The number of halogens is 1. The van der Waals surface area contributed by atoms with Crippen molar-refractivity contribution in [1.82, 2.24) is 25.8 Å². The van der Waals surface area contributed by atoms with Gasteiger partial charge in [-0.05, 0) is 44.1 Å². The molecule has 1 saturated heterocycles. The Morgan fingerprint density at radius 3 is 2.51 bits per heavy atom. The van der Waals surface area contributed by atoms with E-state index in [-0.39, 0.29) is 56.4 Å². The van der Waals surface area contributed by atoms with Gasteiger partial charge in [-0.25, -0.2) is 4.79 Å². The van der Waals surface area contributed by atoms with Gasteiger partial charge in [0.15, 0.2) is 5.96 Å². The zero-order valence-corrected chi connectivity index (χ0v) is 23.1. The number of hydrogen-bond acceptors (Lipinski definition) is 6. The zero-order chi connectivity index (χ0) is 27.5. The molecule has 216 valence electrons. The summed E-state index contributed by atoms with van der Waals surface area (Å²) in [7, 11) is 0. The molecule has 13 heteroatoms. The molecule has 4 amide bonds. The number of nitrogens with two attached hydrogens (primary N) is 1. The van der Waals surface area contributed by atoms with Gasteiger partial charge < -0.3 is 36.2 Å². The Bertz CT molecular complexity index is 992. The van der Waals surface area contributed by atoms with E-state index in [1.807, 2.05) is 30.3 Å². The Hall–Kier alpha value is -3.54. The van der Waals surface area contributed by atoms with Gasteiger partial charge >= 0.3 is 12.0 Å². The molecule has 0 unspecified atom stereocenters. The number of nitrogens with zero attached hydrogens (tertiary/aromatic N) is 2. The molecule has 1 aliphatic carbocycles. The maximum absolute atomic E-state index is 13.5. The van der Waals surface area contributed by atoms with Crippen molar-refractivity contribution in [2.45, 2.75) is 57.7 Å². The summed E-state index contributed by atoms with van der Waals surface area (Å²) in [6.45, 7) is 3.57. The Kier molecular flexibility index (Phi) is 12.8. The third kappa shape index (κ3) is 10.6. The quantitative estimate of drug-likeness (QED) is 0.143. The van der Waals surface area contributed by atoms with Crippen LogP contribution in [0.25, 0.3) is 0 Å². The van der Waals surface area contributed by atoms with Crippen molar-refractivity contribution in [3.8, 4) is 0 Å². The molecule has 1 aromatic rings. The minimum atomic E-state index is -1.15. The predicted molar refractivity (Wildman–Crippen MR) is 148 cm³/mol. The lowest BCUT2D eigenvalue weighted by molar-refractivity contribution is -0.150. The number of carbonyl (C=O) groups excluding carboxylic acids is 4. The normalized spacial score (nSPS) is 17.2. The van der Waals surface area contributed by atoms with Crippen LogP contribution in [0.3, 0.4) is 0 Å². The van der Waals surface area contributed by atoms with Crippen molar-refractivity contribution >= 4 is 42.2 Å². The maximum atomic E-state index is 13.5. The minimum Gasteiger partial charge on any atom is -0.465 e. The number of benzene rings is 1. The summed E-state index contributed by atoms with van der Waals surface area (Å²) in [5.41, 5.74) is 6.49. The van der Waals surface area contributed by atoms with Crippen molar-refractivity contribution in [3.63, 3.8) is 0 Å². The molecule has 39 heavy (non-hydrogen) atoms. The first-order valence-corrected chi connectivity index (χ1v) is 13.2. The van der Waals surface area contributed by atoms with Crippen molar-refractivity contribution in [2.24, 2.45) is 11.7 Å². The summed E-state index contributed by atoms with van der Waals surface area (Å²) < 4.78 is 5.02. The van der Waals surface area contributed by atoms with Gasteiger partial charge in [0, 0.05) is 32.2 Å². The number of rotatable bonds is 12. The number of nitrogens with one attached hydrogen (secondary N) is 4. The van der Waals surface area contributed by atoms with Crippen LogP contribution in [-0.4, -0.2) is 84.4 Å². The fraction of sp³-hybridized carbons (Fsp3) is 0.577. The number of carbonyl (C=O) groups is 4. The number of hydrogen-bond donors (Lipinski definition) is 5. The molecular formula is C26H40ClN7O5. The second kappa shape index (κ2) is 15.8. The van der Waals surface area contributed by atoms with Crippen molar-refractivity contribution in [3.05, 3.63) is 35.9 Å². The maximum Gasteiger partial charge on any atom is 0.325 e. The average Bonchev–Trinajstić information content (AvgIpc) is 3.75. The molecular weight excluding hydrogens is 526 g/mol. The van der Waals surface area contributed by atoms with Crippen LogP contribution in [0.1, 0.15) is 44.6 Å². The summed E-state index contributed by atoms with van der Waals surface area (Å²) in [4.78, 5) is 54.4. The molecule has 1 aromatic carbocycles. The van der Waals surface area contributed by atoms with E-state index in [1.165, 1.54) is 4.90 Å². The van der Waals surface area contributed by atoms with Gasteiger partial charge in [0.1, 0.15) is 12.6 Å². The molecule has 12 nitrogen and oxygen atoms in total. The van der Waals surface area contributed by atoms with Crippen LogP contribution < -0.4 is 21.7 Å². The van der Waals surface area contributed by atoms with Crippen LogP contribution in [0.4, 0.5) is 4.79 Å². The monoisotopic (exact) mass is 565 g/mol. The first-order chi connectivity index (χ1) is 18.3. The van der Waals surface area contributed by atoms with Crippen LogP contribution in [0.2, 0.25) is 0 Å². The second-order valence-electron chi connectivity index (χ2n) is 9.72. The lowest BCUT2D eigenvalue weighted by Crippen LogP contribution is -2.54. The lowest BCUT2D eigenvalue weighted by atomic mass is 9.98. The number of ether oxygens (including phenoxy) is 1. The van der Waals surface area contributed by atoms with E-state index < -0.39 is 29.9 Å². The van der Waals surface area contributed by atoms with Crippen LogP contribution in [0.5, 0.6) is 0 Å². The highest BCUT2D eigenvalue weighted by molar-refractivity contribution is 5.93. The van der Waals surface area contributed by atoms with Gasteiger partial charge in [-0.3, -0.25) is 19.8 Å². The number of urea groups is 1. The number of esters is 1.